The maximum absolute atomic E-state index is 13.9. The topological polar surface area (TPSA) is 73.3 Å². The number of benzene rings is 2. The summed E-state index contributed by atoms with van der Waals surface area (Å²) in [5, 5.41) is 4.51. The van der Waals surface area contributed by atoms with Crippen LogP contribution in [-0.4, -0.2) is 31.7 Å². The second-order valence-electron chi connectivity index (χ2n) is 8.09. The first-order valence-electron chi connectivity index (χ1n) is 10.3. The number of nitrogens with zero attached hydrogens (tertiary/aromatic N) is 4. The maximum atomic E-state index is 13.9. The molecule has 33 heavy (non-hydrogen) atoms. The van der Waals surface area contributed by atoms with E-state index in [1.165, 1.54) is 16.3 Å². The van der Waals surface area contributed by atoms with Gasteiger partial charge in [-0.15, -0.1) is 0 Å². The summed E-state index contributed by atoms with van der Waals surface area (Å²) in [5.41, 5.74) is 3.03. The molecule has 2 aromatic heterocycles. The number of aromatic nitrogens is 3. The molecule has 1 aliphatic heterocycles. The number of aryl methyl sites for hydroxylation is 2. The van der Waals surface area contributed by atoms with Gasteiger partial charge in [0, 0.05) is 31.8 Å². The summed E-state index contributed by atoms with van der Waals surface area (Å²) in [6, 6.07) is 6.34. The first-order valence-corrected chi connectivity index (χ1v) is 10.3. The van der Waals surface area contributed by atoms with Gasteiger partial charge in [-0.25, -0.2) is 18.0 Å². The van der Waals surface area contributed by atoms with Gasteiger partial charge < -0.3 is 9.32 Å². The van der Waals surface area contributed by atoms with Gasteiger partial charge in [0.25, 0.3) is 5.91 Å². The van der Waals surface area contributed by atoms with Crippen molar-refractivity contribution < 1.29 is 22.4 Å². The molecule has 2 aromatic carbocycles. The van der Waals surface area contributed by atoms with Gasteiger partial charge in [0.1, 0.15) is 5.52 Å². The van der Waals surface area contributed by atoms with Crippen LogP contribution in [0, 0.1) is 17.5 Å². The largest absolute Gasteiger partial charge is 0.419 e. The van der Waals surface area contributed by atoms with E-state index in [1.54, 1.807) is 30.1 Å². The van der Waals surface area contributed by atoms with Crippen molar-refractivity contribution in [2.45, 2.75) is 19.4 Å². The summed E-state index contributed by atoms with van der Waals surface area (Å²) < 4.78 is 49.1. The average Bonchev–Trinajstić information content (AvgIpc) is 3.27. The summed E-state index contributed by atoms with van der Waals surface area (Å²) in [5.74, 6) is -4.94. The lowest BCUT2D eigenvalue weighted by Gasteiger charge is -2.33. The number of para-hydroxylation sites is 1. The van der Waals surface area contributed by atoms with Gasteiger partial charge in [0.05, 0.1) is 23.0 Å². The van der Waals surface area contributed by atoms with Gasteiger partial charge in [-0.05, 0) is 37.6 Å². The molecule has 0 aliphatic carbocycles. The molecule has 0 fully saturated rings. The van der Waals surface area contributed by atoms with Crippen molar-refractivity contribution in [3.8, 4) is 11.3 Å². The monoisotopic (exact) mass is 456 g/mol. The Bertz CT molecular complexity index is 1480. The van der Waals surface area contributed by atoms with E-state index in [-0.39, 0.29) is 11.5 Å². The molecule has 0 bridgehead atoms. The molecule has 1 amide bonds. The summed E-state index contributed by atoms with van der Waals surface area (Å²) in [6.07, 6.45) is 0.384. The number of halogens is 3. The number of carbonyl (C=O) groups is 1. The minimum atomic E-state index is -1.53. The van der Waals surface area contributed by atoms with Crippen LogP contribution in [0.15, 0.2) is 39.5 Å². The highest BCUT2D eigenvalue weighted by molar-refractivity contribution is 6.04. The molecule has 0 saturated heterocycles. The maximum Gasteiger partial charge on any atom is 0.419 e. The molecule has 1 aliphatic rings. The zero-order valence-corrected chi connectivity index (χ0v) is 18.0. The molecule has 170 valence electrons. The third kappa shape index (κ3) is 3.08. The fourth-order valence-electron chi connectivity index (χ4n) is 4.61. The van der Waals surface area contributed by atoms with E-state index >= 15 is 0 Å². The van der Waals surface area contributed by atoms with Crippen LogP contribution in [0.5, 0.6) is 0 Å². The fourth-order valence-corrected chi connectivity index (χ4v) is 4.61. The number of hydrogen-bond donors (Lipinski definition) is 0. The molecular weight excluding hydrogens is 437 g/mol. The lowest BCUT2D eigenvalue weighted by atomic mass is 9.95. The molecule has 1 atom stereocenters. The molecule has 0 radical (unpaired) electrons. The van der Waals surface area contributed by atoms with Crippen molar-refractivity contribution in [2.24, 2.45) is 14.1 Å². The smallest absolute Gasteiger partial charge is 0.408 e. The first-order chi connectivity index (χ1) is 15.7. The third-order valence-corrected chi connectivity index (χ3v) is 6.20. The Labute approximate surface area is 185 Å². The minimum absolute atomic E-state index is 0.174. The predicted molar refractivity (Wildman–Crippen MR) is 113 cm³/mol. The number of amides is 1. The highest BCUT2D eigenvalue weighted by Crippen LogP contribution is 2.37. The standard InChI is InChI=1S/C23H19F3N4O3/c1-11-19-13(20(29(3)27-19)12-9-15(24)18(26)16(25)10-12)7-8-30(11)22(31)14-5-4-6-17-21(14)28(2)23(32)33-17/h4-6,9-11H,7-8H2,1-3H3/t11-/m0/s1. The van der Waals surface area contributed by atoms with Crippen molar-refractivity contribution in [1.29, 1.82) is 0 Å². The van der Waals surface area contributed by atoms with Crippen molar-refractivity contribution >= 4 is 17.0 Å². The summed E-state index contributed by atoms with van der Waals surface area (Å²) >= 11 is 0. The molecule has 4 aromatic rings. The zero-order chi connectivity index (χ0) is 23.6. The lowest BCUT2D eigenvalue weighted by molar-refractivity contribution is 0.0675. The van der Waals surface area contributed by atoms with Crippen molar-refractivity contribution in [1.82, 2.24) is 19.2 Å². The first kappa shape index (κ1) is 21.0. The van der Waals surface area contributed by atoms with E-state index in [2.05, 4.69) is 5.10 Å². The minimum Gasteiger partial charge on any atom is -0.408 e. The van der Waals surface area contributed by atoms with Gasteiger partial charge in [-0.2, -0.15) is 5.10 Å². The van der Waals surface area contributed by atoms with Crippen LogP contribution >= 0.6 is 0 Å². The van der Waals surface area contributed by atoms with Gasteiger partial charge in [-0.1, -0.05) is 6.07 Å². The van der Waals surface area contributed by atoms with E-state index in [4.69, 9.17) is 4.42 Å². The van der Waals surface area contributed by atoms with Gasteiger partial charge >= 0.3 is 5.76 Å². The Balaban J connectivity index is 1.56. The SMILES string of the molecule is C[C@H]1c2nn(C)c(-c3cc(F)c(F)c(F)c3)c2CCN1C(=O)c1cccc2oc(=O)n(C)c12. The number of fused-ring (bicyclic) bond motifs is 2. The van der Waals surface area contributed by atoms with Crippen LogP contribution in [0.25, 0.3) is 22.4 Å². The van der Waals surface area contributed by atoms with Crippen LogP contribution < -0.4 is 5.76 Å². The van der Waals surface area contributed by atoms with Gasteiger partial charge in [0.15, 0.2) is 23.0 Å². The average molecular weight is 456 g/mol. The van der Waals surface area contributed by atoms with E-state index in [0.717, 1.165) is 17.7 Å². The molecule has 5 rings (SSSR count). The van der Waals surface area contributed by atoms with Crippen LogP contribution in [0.4, 0.5) is 13.2 Å². The van der Waals surface area contributed by atoms with E-state index < -0.39 is 29.2 Å². The second-order valence-corrected chi connectivity index (χ2v) is 8.09. The quantitative estimate of drug-likeness (QED) is 0.431. The summed E-state index contributed by atoms with van der Waals surface area (Å²) in [7, 11) is 3.17. The second kappa shape index (κ2) is 7.36. The molecule has 7 nitrogen and oxygen atoms in total. The molecule has 0 spiro atoms. The Morgan fingerprint density at radius 2 is 1.85 bits per heavy atom. The number of hydrogen-bond acceptors (Lipinski definition) is 4. The Kier molecular flexibility index (Phi) is 4.70. The normalized spacial score (nSPS) is 15.8. The van der Waals surface area contributed by atoms with Gasteiger partial charge in [-0.3, -0.25) is 14.0 Å². The Morgan fingerprint density at radius 3 is 2.55 bits per heavy atom. The van der Waals surface area contributed by atoms with Crippen molar-refractivity contribution in [2.75, 3.05) is 6.54 Å². The molecule has 0 saturated carbocycles. The zero-order valence-electron chi connectivity index (χ0n) is 18.0. The van der Waals surface area contributed by atoms with Gasteiger partial charge in [0.2, 0.25) is 0 Å². The highest BCUT2D eigenvalue weighted by atomic mass is 19.2. The number of carbonyl (C=O) groups excluding carboxylic acids is 1. The van der Waals surface area contributed by atoms with Crippen LogP contribution in [0.3, 0.4) is 0 Å². The molecule has 10 heteroatoms. The molecular formula is C23H19F3N4O3. The molecule has 0 unspecified atom stereocenters. The van der Waals surface area contributed by atoms with E-state index in [9.17, 15) is 22.8 Å². The summed E-state index contributed by atoms with van der Waals surface area (Å²) in [6.45, 7) is 2.13. The lowest BCUT2D eigenvalue weighted by Crippen LogP contribution is -2.39. The van der Waals surface area contributed by atoms with E-state index in [1.807, 2.05) is 6.92 Å². The molecule has 0 N–H and O–H groups in total. The Morgan fingerprint density at radius 1 is 1.15 bits per heavy atom. The van der Waals surface area contributed by atoms with Crippen molar-refractivity contribution in [3.05, 3.63) is 75.2 Å². The van der Waals surface area contributed by atoms with Crippen LogP contribution in [0.2, 0.25) is 0 Å². The van der Waals surface area contributed by atoms with Crippen LogP contribution in [-0.2, 0) is 20.5 Å². The predicted octanol–water partition coefficient (Wildman–Crippen LogP) is 3.71. The Hall–Kier alpha value is -3.82. The van der Waals surface area contributed by atoms with Crippen LogP contribution in [0.1, 0.15) is 34.6 Å². The number of oxazole rings is 1. The highest BCUT2D eigenvalue weighted by Gasteiger charge is 2.34. The molecule has 3 heterocycles. The third-order valence-electron chi connectivity index (χ3n) is 6.20. The summed E-state index contributed by atoms with van der Waals surface area (Å²) in [4.78, 5) is 27.1. The number of rotatable bonds is 2. The fraction of sp³-hybridized carbons (Fsp3) is 0.261. The van der Waals surface area contributed by atoms with E-state index in [0.29, 0.717) is 41.0 Å². The van der Waals surface area contributed by atoms with Crippen molar-refractivity contribution in [3.63, 3.8) is 0 Å².